The number of hydrogen-bond donors (Lipinski definition) is 3. The molecule has 2 aromatic heterocycles. The highest BCUT2D eigenvalue weighted by atomic mass is 16.4. The fraction of sp³-hybridized carbons (Fsp3) is 0.625. The lowest BCUT2D eigenvalue weighted by atomic mass is 9.86. The van der Waals surface area contributed by atoms with Gasteiger partial charge in [0, 0.05) is 6.04 Å². The van der Waals surface area contributed by atoms with Gasteiger partial charge in [0.05, 0.1) is 17.7 Å². The van der Waals surface area contributed by atoms with Gasteiger partial charge < -0.3 is 10.4 Å². The average Bonchev–Trinajstić information content (AvgIpc) is 2.92. The number of aliphatic carboxylic acids is 1. The lowest BCUT2D eigenvalue weighted by Crippen LogP contribution is -2.31. The van der Waals surface area contributed by atoms with Crippen molar-refractivity contribution < 1.29 is 9.90 Å². The van der Waals surface area contributed by atoms with Crippen molar-refractivity contribution in [2.45, 2.75) is 58.0 Å². The summed E-state index contributed by atoms with van der Waals surface area (Å²) in [6.07, 6.45) is 4.31. The summed E-state index contributed by atoms with van der Waals surface area (Å²) in [5.41, 5.74) is 0.0458. The first-order chi connectivity index (χ1) is 11.3. The van der Waals surface area contributed by atoms with Gasteiger partial charge in [-0.2, -0.15) is 10.1 Å². The summed E-state index contributed by atoms with van der Waals surface area (Å²) >= 11 is 0. The maximum Gasteiger partial charge on any atom is 0.306 e. The van der Waals surface area contributed by atoms with E-state index in [9.17, 15) is 9.59 Å². The number of aromatic amines is 1. The van der Waals surface area contributed by atoms with E-state index in [4.69, 9.17) is 5.11 Å². The quantitative estimate of drug-likeness (QED) is 0.791. The van der Waals surface area contributed by atoms with E-state index in [0.717, 1.165) is 12.8 Å². The minimum Gasteiger partial charge on any atom is -0.481 e. The highest BCUT2D eigenvalue weighted by Crippen LogP contribution is 2.26. The predicted octanol–water partition coefficient (Wildman–Crippen LogP) is 1.93. The molecule has 0 amide bonds. The van der Waals surface area contributed by atoms with Gasteiger partial charge in [-0.1, -0.05) is 0 Å². The number of carbonyl (C=O) groups is 1. The summed E-state index contributed by atoms with van der Waals surface area (Å²) in [5.74, 6) is -0.576. The minimum absolute atomic E-state index is 0.118. The molecule has 0 aliphatic heterocycles. The second-order valence-electron chi connectivity index (χ2n) is 7.41. The van der Waals surface area contributed by atoms with E-state index in [1.807, 2.05) is 20.8 Å². The molecule has 130 valence electrons. The SMILES string of the molecule is CC(C)(C)n1ncc2c(=O)[nH]c(NC3CCC(C(=O)O)CC3)nc21. The van der Waals surface area contributed by atoms with E-state index in [0.29, 0.717) is 29.8 Å². The molecule has 3 rings (SSSR count). The molecule has 1 saturated carbocycles. The molecule has 0 bridgehead atoms. The number of nitrogens with zero attached hydrogens (tertiary/aromatic N) is 3. The van der Waals surface area contributed by atoms with Crippen molar-refractivity contribution in [1.82, 2.24) is 19.7 Å². The van der Waals surface area contributed by atoms with E-state index in [1.54, 1.807) is 4.68 Å². The Balaban J connectivity index is 1.83. The van der Waals surface area contributed by atoms with Crippen LogP contribution in [0.1, 0.15) is 46.5 Å². The van der Waals surface area contributed by atoms with Crippen molar-refractivity contribution in [3.63, 3.8) is 0 Å². The van der Waals surface area contributed by atoms with Crippen LogP contribution in [-0.2, 0) is 10.3 Å². The first kappa shape index (κ1) is 16.5. The highest BCUT2D eigenvalue weighted by molar-refractivity contribution is 5.74. The number of rotatable bonds is 3. The third-order valence-corrected chi connectivity index (χ3v) is 4.49. The number of H-pyrrole nitrogens is 1. The summed E-state index contributed by atoms with van der Waals surface area (Å²) in [6, 6.07) is 0.118. The largest absolute Gasteiger partial charge is 0.481 e. The number of fused-ring (bicyclic) bond motifs is 1. The van der Waals surface area contributed by atoms with Crippen molar-refractivity contribution in [3.05, 3.63) is 16.6 Å². The molecule has 2 aromatic rings. The summed E-state index contributed by atoms with van der Waals surface area (Å²) in [5, 5.41) is 17.1. The molecule has 3 N–H and O–H groups in total. The van der Waals surface area contributed by atoms with Gasteiger partial charge in [0.25, 0.3) is 5.56 Å². The van der Waals surface area contributed by atoms with Crippen molar-refractivity contribution in [3.8, 4) is 0 Å². The molecule has 0 unspecified atom stereocenters. The van der Waals surface area contributed by atoms with Crippen molar-refractivity contribution >= 4 is 23.0 Å². The van der Waals surface area contributed by atoms with Crippen LogP contribution in [0.25, 0.3) is 11.0 Å². The molecule has 1 fully saturated rings. The van der Waals surface area contributed by atoms with Crippen LogP contribution in [0.4, 0.5) is 5.95 Å². The molecule has 0 saturated heterocycles. The standard InChI is InChI=1S/C16H23N5O3/c1-16(2,3)21-12-11(8-17-21)13(22)20-15(19-12)18-10-6-4-9(5-7-10)14(23)24/h8-10H,4-7H2,1-3H3,(H,23,24)(H2,18,19,20,22). The second-order valence-corrected chi connectivity index (χ2v) is 7.41. The number of aromatic nitrogens is 4. The van der Waals surface area contributed by atoms with E-state index in [2.05, 4.69) is 20.4 Å². The van der Waals surface area contributed by atoms with Gasteiger partial charge in [-0.3, -0.25) is 14.6 Å². The summed E-state index contributed by atoms with van der Waals surface area (Å²) < 4.78 is 1.74. The highest BCUT2D eigenvalue weighted by Gasteiger charge is 2.26. The Kier molecular flexibility index (Phi) is 4.06. The van der Waals surface area contributed by atoms with Crippen LogP contribution in [-0.4, -0.2) is 36.9 Å². The number of carboxylic acid groups (broad SMARTS) is 1. The summed E-state index contributed by atoms with van der Waals surface area (Å²) in [7, 11) is 0. The van der Waals surface area contributed by atoms with Crippen LogP contribution in [0.5, 0.6) is 0 Å². The molecule has 8 nitrogen and oxygen atoms in total. The Morgan fingerprint density at radius 1 is 1.33 bits per heavy atom. The van der Waals surface area contributed by atoms with Gasteiger partial charge in [-0.25, -0.2) is 4.68 Å². The fourth-order valence-corrected chi connectivity index (χ4v) is 3.16. The van der Waals surface area contributed by atoms with Crippen LogP contribution < -0.4 is 10.9 Å². The summed E-state index contributed by atoms with van der Waals surface area (Å²) in [4.78, 5) is 30.6. The van der Waals surface area contributed by atoms with Crippen LogP contribution in [0.2, 0.25) is 0 Å². The average molecular weight is 333 g/mol. The van der Waals surface area contributed by atoms with Gasteiger partial charge in [0.1, 0.15) is 5.39 Å². The van der Waals surface area contributed by atoms with E-state index < -0.39 is 5.97 Å². The maximum absolute atomic E-state index is 12.3. The Morgan fingerprint density at radius 2 is 2.00 bits per heavy atom. The molecule has 1 aliphatic rings. The summed E-state index contributed by atoms with van der Waals surface area (Å²) in [6.45, 7) is 6.01. The lowest BCUT2D eigenvalue weighted by Gasteiger charge is -2.27. The van der Waals surface area contributed by atoms with Crippen molar-refractivity contribution in [1.29, 1.82) is 0 Å². The first-order valence-electron chi connectivity index (χ1n) is 8.23. The van der Waals surface area contributed by atoms with Crippen LogP contribution in [0, 0.1) is 5.92 Å². The zero-order valence-corrected chi connectivity index (χ0v) is 14.2. The van der Waals surface area contributed by atoms with Gasteiger partial charge in [-0.05, 0) is 46.5 Å². The zero-order valence-electron chi connectivity index (χ0n) is 14.2. The number of carboxylic acids is 1. The third kappa shape index (κ3) is 3.13. The number of anilines is 1. The monoisotopic (exact) mass is 333 g/mol. The molecule has 0 radical (unpaired) electrons. The molecular weight excluding hydrogens is 310 g/mol. The predicted molar refractivity (Wildman–Crippen MR) is 90.1 cm³/mol. The van der Waals surface area contributed by atoms with Crippen molar-refractivity contribution in [2.24, 2.45) is 5.92 Å². The first-order valence-corrected chi connectivity index (χ1v) is 8.23. The van der Waals surface area contributed by atoms with Gasteiger partial charge in [0.2, 0.25) is 5.95 Å². The fourth-order valence-electron chi connectivity index (χ4n) is 3.16. The molecular formula is C16H23N5O3. The molecule has 8 heteroatoms. The Morgan fingerprint density at radius 3 is 2.58 bits per heavy atom. The Labute approximate surface area is 139 Å². The van der Waals surface area contributed by atoms with Gasteiger partial charge in [-0.15, -0.1) is 0 Å². The lowest BCUT2D eigenvalue weighted by molar-refractivity contribution is -0.142. The third-order valence-electron chi connectivity index (χ3n) is 4.49. The molecule has 24 heavy (non-hydrogen) atoms. The Bertz CT molecular complexity index is 809. The normalized spacial score (nSPS) is 21.8. The van der Waals surface area contributed by atoms with E-state index in [-0.39, 0.29) is 23.1 Å². The molecule has 0 spiro atoms. The van der Waals surface area contributed by atoms with E-state index >= 15 is 0 Å². The van der Waals surface area contributed by atoms with Crippen LogP contribution in [0.3, 0.4) is 0 Å². The second kappa shape index (κ2) is 5.92. The smallest absolute Gasteiger partial charge is 0.306 e. The zero-order chi connectivity index (χ0) is 17.5. The van der Waals surface area contributed by atoms with Crippen molar-refractivity contribution in [2.75, 3.05) is 5.32 Å². The van der Waals surface area contributed by atoms with Gasteiger partial charge >= 0.3 is 5.97 Å². The Hall–Kier alpha value is -2.38. The van der Waals surface area contributed by atoms with Crippen LogP contribution in [0.15, 0.2) is 11.0 Å². The van der Waals surface area contributed by atoms with Gasteiger partial charge in [0.15, 0.2) is 5.65 Å². The number of hydrogen-bond acceptors (Lipinski definition) is 5. The van der Waals surface area contributed by atoms with Crippen LogP contribution >= 0.6 is 0 Å². The maximum atomic E-state index is 12.3. The minimum atomic E-state index is -0.726. The topological polar surface area (TPSA) is 113 Å². The molecule has 2 heterocycles. The molecule has 0 aromatic carbocycles. The van der Waals surface area contributed by atoms with E-state index in [1.165, 1.54) is 6.20 Å². The number of nitrogens with one attached hydrogen (secondary N) is 2. The molecule has 1 aliphatic carbocycles. The molecule has 0 atom stereocenters.